The van der Waals surface area contributed by atoms with Crippen LogP contribution in [-0.2, 0) is 13.5 Å². The first-order chi connectivity index (χ1) is 7.08. The number of fused-ring (bicyclic) bond motifs is 1. The topological polar surface area (TPSA) is 25.2 Å². The minimum Gasteiger partial charge on any atom is -0.393 e. The first-order valence-corrected chi connectivity index (χ1v) is 5.31. The zero-order valence-corrected chi connectivity index (χ0v) is 9.49. The largest absolute Gasteiger partial charge is 0.393 e. The van der Waals surface area contributed by atoms with Crippen molar-refractivity contribution in [1.82, 2.24) is 4.57 Å². The normalized spacial score (nSPS) is 13.3. The van der Waals surface area contributed by atoms with Crippen LogP contribution >= 0.6 is 0 Å². The number of benzene rings is 1. The molecule has 1 unspecified atom stereocenters. The monoisotopic (exact) mass is 203 g/mol. The molecule has 0 bridgehead atoms. The van der Waals surface area contributed by atoms with Gasteiger partial charge in [-0.1, -0.05) is 12.1 Å². The maximum atomic E-state index is 9.35. The Morgan fingerprint density at radius 1 is 1.33 bits per heavy atom. The zero-order chi connectivity index (χ0) is 11.0. The second-order valence-electron chi connectivity index (χ2n) is 4.29. The van der Waals surface area contributed by atoms with Crippen molar-refractivity contribution in [2.24, 2.45) is 7.05 Å². The Morgan fingerprint density at radius 2 is 2.07 bits per heavy atom. The van der Waals surface area contributed by atoms with Gasteiger partial charge in [-0.2, -0.15) is 0 Å². The van der Waals surface area contributed by atoms with Gasteiger partial charge in [0.25, 0.3) is 0 Å². The molecule has 0 fully saturated rings. The Balaban J connectivity index is 2.49. The van der Waals surface area contributed by atoms with Crippen LogP contribution in [0.5, 0.6) is 0 Å². The molecule has 2 nitrogen and oxygen atoms in total. The highest BCUT2D eigenvalue weighted by molar-refractivity contribution is 5.81. The molecular weight excluding hydrogens is 186 g/mol. The molecule has 2 rings (SSSR count). The van der Waals surface area contributed by atoms with E-state index < -0.39 is 0 Å². The summed E-state index contributed by atoms with van der Waals surface area (Å²) in [6.07, 6.45) is 0.448. The van der Waals surface area contributed by atoms with E-state index in [0.717, 1.165) is 6.42 Å². The molecule has 2 aromatic rings. The molecular formula is C13H17NO. The lowest BCUT2D eigenvalue weighted by Crippen LogP contribution is -2.04. The first-order valence-electron chi connectivity index (χ1n) is 5.31. The molecule has 15 heavy (non-hydrogen) atoms. The van der Waals surface area contributed by atoms with E-state index in [9.17, 15) is 5.11 Å². The summed E-state index contributed by atoms with van der Waals surface area (Å²) in [5, 5.41) is 10.6. The van der Waals surface area contributed by atoms with Crippen LogP contribution in [0.3, 0.4) is 0 Å². The van der Waals surface area contributed by atoms with E-state index in [0.29, 0.717) is 0 Å². The molecule has 1 heterocycles. The highest BCUT2D eigenvalue weighted by Crippen LogP contribution is 2.20. The second kappa shape index (κ2) is 3.70. The van der Waals surface area contributed by atoms with Crippen molar-refractivity contribution in [2.75, 3.05) is 0 Å². The lowest BCUT2D eigenvalue weighted by molar-refractivity contribution is 0.195. The van der Waals surface area contributed by atoms with Crippen molar-refractivity contribution in [3.63, 3.8) is 0 Å². The fraction of sp³-hybridized carbons (Fsp3) is 0.385. The van der Waals surface area contributed by atoms with Crippen LogP contribution in [-0.4, -0.2) is 15.8 Å². The Hall–Kier alpha value is -1.28. The fourth-order valence-corrected chi connectivity index (χ4v) is 1.98. The lowest BCUT2D eigenvalue weighted by atomic mass is 10.1. The molecule has 1 aromatic heterocycles. The lowest BCUT2D eigenvalue weighted by Gasteiger charge is -2.05. The summed E-state index contributed by atoms with van der Waals surface area (Å²) in [7, 11) is 2.07. The van der Waals surface area contributed by atoms with Crippen LogP contribution in [0.25, 0.3) is 10.9 Å². The van der Waals surface area contributed by atoms with Crippen molar-refractivity contribution < 1.29 is 5.11 Å². The number of aromatic nitrogens is 1. The summed E-state index contributed by atoms with van der Waals surface area (Å²) in [5.74, 6) is 0. The van der Waals surface area contributed by atoms with E-state index in [4.69, 9.17) is 0 Å². The molecule has 0 saturated heterocycles. The van der Waals surface area contributed by atoms with Crippen LogP contribution in [0.1, 0.15) is 18.2 Å². The molecule has 80 valence electrons. The van der Waals surface area contributed by atoms with Crippen molar-refractivity contribution in [3.8, 4) is 0 Å². The van der Waals surface area contributed by atoms with Crippen molar-refractivity contribution >= 4 is 10.9 Å². The van der Waals surface area contributed by atoms with Gasteiger partial charge in [0.05, 0.1) is 6.10 Å². The van der Waals surface area contributed by atoms with Gasteiger partial charge in [-0.15, -0.1) is 0 Å². The maximum Gasteiger partial charge on any atom is 0.0552 e. The van der Waals surface area contributed by atoms with E-state index in [2.05, 4.69) is 42.8 Å². The molecule has 0 amide bonds. The molecule has 1 N–H and O–H groups in total. The maximum absolute atomic E-state index is 9.35. The van der Waals surface area contributed by atoms with Gasteiger partial charge in [-0.25, -0.2) is 0 Å². The van der Waals surface area contributed by atoms with Gasteiger partial charge in [0.15, 0.2) is 0 Å². The summed E-state index contributed by atoms with van der Waals surface area (Å²) < 4.78 is 2.18. The smallest absolute Gasteiger partial charge is 0.0552 e. The van der Waals surface area contributed by atoms with E-state index in [1.807, 2.05) is 6.92 Å². The van der Waals surface area contributed by atoms with E-state index in [1.54, 1.807) is 0 Å². The van der Waals surface area contributed by atoms with Gasteiger partial charge in [0, 0.05) is 18.3 Å². The number of aliphatic hydroxyl groups is 1. The third-order valence-corrected chi connectivity index (χ3v) is 2.88. The first kappa shape index (κ1) is 10.2. The van der Waals surface area contributed by atoms with Gasteiger partial charge in [-0.05, 0) is 43.4 Å². The zero-order valence-electron chi connectivity index (χ0n) is 9.49. The second-order valence-corrected chi connectivity index (χ2v) is 4.29. The van der Waals surface area contributed by atoms with Crippen molar-refractivity contribution in [3.05, 3.63) is 35.5 Å². The van der Waals surface area contributed by atoms with Crippen LogP contribution in [0.2, 0.25) is 0 Å². The number of aliphatic hydroxyl groups excluding tert-OH is 1. The highest BCUT2D eigenvalue weighted by atomic mass is 16.3. The average Bonchev–Trinajstić information content (AvgIpc) is 2.43. The Kier molecular flexibility index (Phi) is 2.53. The van der Waals surface area contributed by atoms with Gasteiger partial charge in [0.1, 0.15) is 0 Å². The summed E-state index contributed by atoms with van der Waals surface area (Å²) in [6.45, 7) is 3.93. The molecule has 1 atom stereocenters. The van der Waals surface area contributed by atoms with E-state index in [-0.39, 0.29) is 6.10 Å². The Morgan fingerprint density at radius 3 is 2.73 bits per heavy atom. The molecule has 0 spiro atoms. The predicted octanol–water partition coefficient (Wildman–Crippen LogP) is 2.41. The number of hydrogen-bond acceptors (Lipinski definition) is 1. The number of aryl methyl sites for hydroxylation is 2. The average molecular weight is 203 g/mol. The SMILES string of the molecule is Cc1cc2ccc(CC(C)O)cc2n1C. The van der Waals surface area contributed by atoms with Crippen LogP contribution in [0.4, 0.5) is 0 Å². The van der Waals surface area contributed by atoms with Crippen LogP contribution < -0.4 is 0 Å². The highest BCUT2D eigenvalue weighted by Gasteiger charge is 2.04. The van der Waals surface area contributed by atoms with Crippen molar-refractivity contribution in [2.45, 2.75) is 26.4 Å². The van der Waals surface area contributed by atoms with Gasteiger partial charge >= 0.3 is 0 Å². The third-order valence-electron chi connectivity index (χ3n) is 2.88. The summed E-state index contributed by atoms with van der Waals surface area (Å²) >= 11 is 0. The molecule has 0 radical (unpaired) electrons. The van der Waals surface area contributed by atoms with Crippen molar-refractivity contribution in [1.29, 1.82) is 0 Å². The Labute approximate surface area is 90.2 Å². The van der Waals surface area contributed by atoms with E-state index in [1.165, 1.54) is 22.2 Å². The third kappa shape index (κ3) is 1.90. The van der Waals surface area contributed by atoms with Crippen LogP contribution in [0, 0.1) is 6.92 Å². The fourth-order valence-electron chi connectivity index (χ4n) is 1.98. The molecule has 0 aliphatic heterocycles. The number of hydrogen-bond donors (Lipinski definition) is 1. The molecule has 0 aliphatic carbocycles. The van der Waals surface area contributed by atoms with Gasteiger partial charge in [0.2, 0.25) is 0 Å². The predicted molar refractivity (Wildman–Crippen MR) is 63.0 cm³/mol. The summed E-state index contributed by atoms with van der Waals surface area (Å²) in [5.41, 5.74) is 3.70. The summed E-state index contributed by atoms with van der Waals surface area (Å²) in [4.78, 5) is 0. The quantitative estimate of drug-likeness (QED) is 0.796. The molecule has 1 aromatic carbocycles. The van der Waals surface area contributed by atoms with E-state index >= 15 is 0 Å². The van der Waals surface area contributed by atoms with Crippen LogP contribution in [0.15, 0.2) is 24.3 Å². The molecule has 0 saturated carbocycles. The number of rotatable bonds is 2. The summed E-state index contributed by atoms with van der Waals surface area (Å²) in [6, 6.07) is 8.56. The Bertz CT molecular complexity index is 482. The minimum atomic E-state index is -0.274. The molecule has 2 heteroatoms. The van der Waals surface area contributed by atoms with Gasteiger partial charge < -0.3 is 9.67 Å². The minimum absolute atomic E-state index is 0.274. The standard InChI is InChI=1S/C13H17NO/c1-9-6-12-5-4-11(7-10(2)15)8-13(12)14(9)3/h4-6,8,10,15H,7H2,1-3H3. The number of nitrogens with zero attached hydrogens (tertiary/aromatic N) is 1. The molecule has 0 aliphatic rings. The van der Waals surface area contributed by atoms with Gasteiger partial charge in [-0.3, -0.25) is 0 Å².